The Morgan fingerprint density at radius 1 is 0.882 bits per heavy atom. The van der Waals surface area contributed by atoms with Gasteiger partial charge in [-0.2, -0.15) is 0 Å². The standard InChI is InChI=1S/C26H24N2O6/c1-32-18-8-5-4-7-17(18)15-28-23(16-11-13-27-14-12-16)22(25(30)26(28)31)24(29)21-19(33-2)9-6-10-20(21)34-3/h4-14,23,29H,15H2,1-3H3/b24-22+. The van der Waals surface area contributed by atoms with Gasteiger partial charge in [0, 0.05) is 18.0 Å². The Morgan fingerprint density at radius 3 is 2.09 bits per heavy atom. The Hall–Kier alpha value is -4.33. The molecule has 8 heteroatoms. The summed E-state index contributed by atoms with van der Waals surface area (Å²) in [6.45, 7) is 0.0986. The molecule has 1 aromatic heterocycles. The molecule has 1 unspecified atom stereocenters. The molecule has 0 radical (unpaired) electrons. The van der Waals surface area contributed by atoms with Crippen LogP contribution in [0.25, 0.3) is 5.76 Å². The van der Waals surface area contributed by atoms with Crippen LogP contribution in [0, 0.1) is 0 Å². The molecule has 1 aliphatic rings. The van der Waals surface area contributed by atoms with E-state index in [-0.39, 0.29) is 23.4 Å². The quantitative estimate of drug-likeness (QED) is 0.326. The first kappa shape index (κ1) is 22.8. The van der Waals surface area contributed by atoms with Crippen molar-refractivity contribution in [3.63, 3.8) is 0 Å². The topological polar surface area (TPSA) is 98.2 Å². The fourth-order valence-corrected chi connectivity index (χ4v) is 4.17. The molecule has 1 saturated heterocycles. The van der Waals surface area contributed by atoms with Gasteiger partial charge < -0.3 is 24.2 Å². The average molecular weight is 460 g/mol. The fraction of sp³-hybridized carbons (Fsp3) is 0.192. The van der Waals surface area contributed by atoms with E-state index >= 15 is 0 Å². The van der Waals surface area contributed by atoms with Crippen LogP contribution >= 0.6 is 0 Å². The van der Waals surface area contributed by atoms with Crippen LogP contribution < -0.4 is 14.2 Å². The zero-order chi connectivity index (χ0) is 24.2. The molecule has 0 bridgehead atoms. The monoisotopic (exact) mass is 460 g/mol. The van der Waals surface area contributed by atoms with E-state index in [9.17, 15) is 14.7 Å². The number of ether oxygens (including phenoxy) is 3. The second-order valence-corrected chi connectivity index (χ2v) is 7.56. The van der Waals surface area contributed by atoms with Crippen molar-refractivity contribution in [2.45, 2.75) is 12.6 Å². The number of methoxy groups -OCH3 is 3. The maximum atomic E-state index is 13.3. The predicted molar refractivity (Wildman–Crippen MR) is 125 cm³/mol. The number of aromatic nitrogens is 1. The van der Waals surface area contributed by atoms with Gasteiger partial charge in [0.15, 0.2) is 0 Å². The minimum atomic E-state index is -0.859. The molecule has 1 aliphatic heterocycles. The van der Waals surface area contributed by atoms with Crippen LogP contribution in [-0.4, -0.2) is 48.0 Å². The van der Waals surface area contributed by atoms with Crippen molar-refractivity contribution in [2.75, 3.05) is 21.3 Å². The smallest absolute Gasteiger partial charge is 0.295 e. The van der Waals surface area contributed by atoms with Gasteiger partial charge in [0.1, 0.15) is 28.6 Å². The molecule has 1 N–H and O–H groups in total. The number of benzene rings is 2. The van der Waals surface area contributed by atoms with Gasteiger partial charge in [0.05, 0.1) is 39.5 Å². The molecule has 4 rings (SSSR count). The molecule has 1 fully saturated rings. The number of pyridine rings is 1. The van der Waals surface area contributed by atoms with E-state index in [0.717, 1.165) is 5.56 Å². The van der Waals surface area contributed by atoms with Crippen molar-refractivity contribution in [3.05, 3.63) is 89.3 Å². The van der Waals surface area contributed by atoms with E-state index in [1.807, 2.05) is 18.2 Å². The summed E-state index contributed by atoms with van der Waals surface area (Å²) in [5.74, 6) is -0.714. The summed E-state index contributed by atoms with van der Waals surface area (Å²) in [6, 6.07) is 14.8. The van der Waals surface area contributed by atoms with E-state index in [1.54, 1.807) is 55.9 Å². The Balaban J connectivity index is 1.93. The SMILES string of the molecule is COc1ccccc1CN1C(=O)C(=O)/C(=C(/O)c2c(OC)cccc2OC)C1c1ccncc1. The van der Waals surface area contributed by atoms with Crippen LogP contribution in [0.1, 0.15) is 22.7 Å². The van der Waals surface area contributed by atoms with Crippen LogP contribution in [0.3, 0.4) is 0 Å². The maximum Gasteiger partial charge on any atom is 0.295 e. The minimum Gasteiger partial charge on any atom is -0.506 e. The van der Waals surface area contributed by atoms with Gasteiger partial charge >= 0.3 is 0 Å². The fourth-order valence-electron chi connectivity index (χ4n) is 4.17. The number of para-hydroxylation sites is 1. The number of aliphatic hydroxyl groups excluding tert-OH is 1. The van der Waals surface area contributed by atoms with Gasteiger partial charge in [0.2, 0.25) is 0 Å². The van der Waals surface area contributed by atoms with Crippen LogP contribution in [0.2, 0.25) is 0 Å². The first-order valence-electron chi connectivity index (χ1n) is 10.5. The number of carbonyl (C=O) groups is 2. The lowest BCUT2D eigenvalue weighted by Crippen LogP contribution is -2.29. The number of likely N-dealkylation sites (tertiary alicyclic amines) is 1. The molecule has 174 valence electrons. The second kappa shape index (κ2) is 9.66. The van der Waals surface area contributed by atoms with Crippen LogP contribution in [0.15, 0.2) is 72.6 Å². The molecule has 3 aromatic rings. The van der Waals surface area contributed by atoms with E-state index in [1.165, 1.54) is 19.1 Å². The van der Waals surface area contributed by atoms with Gasteiger partial charge in [-0.25, -0.2) is 0 Å². The lowest BCUT2D eigenvalue weighted by Gasteiger charge is -2.26. The lowest BCUT2D eigenvalue weighted by atomic mass is 9.95. The summed E-state index contributed by atoms with van der Waals surface area (Å²) >= 11 is 0. The zero-order valence-electron chi connectivity index (χ0n) is 19.0. The molecule has 2 heterocycles. The molecule has 34 heavy (non-hydrogen) atoms. The van der Waals surface area contributed by atoms with Crippen molar-refractivity contribution in [1.29, 1.82) is 0 Å². The number of rotatable bonds is 7. The highest BCUT2D eigenvalue weighted by Gasteiger charge is 2.46. The van der Waals surface area contributed by atoms with Crippen molar-refractivity contribution < 1.29 is 28.9 Å². The molecule has 2 aromatic carbocycles. The third-order valence-corrected chi connectivity index (χ3v) is 5.76. The first-order chi connectivity index (χ1) is 16.5. The second-order valence-electron chi connectivity index (χ2n) is 7.56. The number of hydrogen-bond donors (Lipinski definition) is 1. The number of hydrogen-bond acceptors (Lipinski definition) is 7. The number of Topliss-reactive ketones (excluding diaryl/α,β-unsaturated/α-hetero) is 1. The molecular formula is C26H24N2O6. The van der Waals surface area contributed by atoms with Gasteiger partial charge in [-0.3, -0.25) is 14.6 Å². The maximum absolute atomic E-state index is 13.3. The van der Waals surface area contributed by atoms with Crippen molar-refractivity contribution in [3.8, 4) is 17.2 Å². The number of ketones is 1. The summed E-state index contributed by atoms with van der Waals surface area (Å²) in [4.78, 5) is 32.0. The lowest BCUT2D eigenvalue weighted by molar-refractivity contribution is -0.140. The van der Waals surface area contributed by atoms with E-state index < -0.39 is 17.7 Å². The Morgan fingerprint density at radius 2 is 1.47 bits per heavy atom. The van der Waals surface area contributed by atoms with Gasteiger partial charge in [-0.05, 0) is 35.9 Å². The van der Waals surface area contributed by atoms with Crippen molar-refractivity contribution in [1.82, 2.24) is 9.88 Å². The van der Waals surface area contributed by atoms with Gasteiger partial charge in [-0.15, -0.1) is 0 Å². The first-order valence-corrected chi connectivity index (χ1v) is 10.5. The summed E-state index contributed by atoms with van der Waals surface area (Å²) in [5.41, 5.74) is 1.48. The molecule has 0 aliphatic carbocycles. The predicted octanol–water partition coefficient (Wildman–Crippen LogP) is 3.73. The molecule has 1 amide bonds. The minimum absolute atomic E-state index is 0.0612. The molecule has 0 saturated carbocycles. The number of aliphatic hydroxyl groups is 1. The van der Waals surface area contributed by atoms with Crippen molar-refractivity contribution >= 4 is 17.4 Å². The van der Waals surface area contributed by atoms with Crippen LogP contribution in [0.4, 0.5) is 0 Å². The molecule has 0 spiro atoms. The highest BCUT2D eigenvalue weighted by Crippen LogP contribution is 2.44. The van der Waals surface area contributed by atoms with Gasteiger partial charge in [0.25, 0.3) is 11.7 Å². The summed E-state index contributed by atoms with van der Waals surface area (Å²) < 4.78 is 16.3. The molecule has 1 atom stereocenters. The Kier molecular flexibility index (Phi) is 6.49. The van der Waals surface area contributed by atoms with Gasteiger partial charge in [-0.1, -0.05) is 24.3 Å². The normalized spacial score (nSPS) is 17.0. The number of amides is 1. The summed E-state index contributed by atoms with van der Waals surface area (Å²) in [6.07, 6.45) is 3.14. The molecular weight excluding hydrogens is 436 g/mol. The Bertz CT molecular complexity index is 1230. The number of nitrogens with zero attached hydrogens (tertiary/aromatic N) is 2. The number of carbonyl (C=O) groups excluding carboxylic acids is 2. The van der Waals surface area contributed by atoms with Crippen LogP contribution in [0.5, 0.6) is 17.2 Å². The molecule has 8 nitrogen and oxygen atoms in total. The highest BCUT2D eigenvalue weighted by molar-refractivity contribution is 6.46. The zero-order valence-corrected chi connectivity index (χ0v) is 19.0. The highest BCUT2D eigenvalue weighted by atomic mass is 16.5. The Labute approximate surface area is 197 Å². The van der Waals surface area contributed by atoms with E-state index in [2.05, 4.69) is 4.98 Å². The third kappa shape index (κ3) is 3.94. The van der Waals surface area contributed by atoms with E-state index in [4.69, 9.17) is 14.2 Å². The van der Waals surface area contributed by atoms with Crippen molar-refractivity contribution in [2.24, 2.45) is 0 Å². The summed E-state index contributed by atoms with van der Waals surface area (Å²) in [7, 11) is 4.44. The third-order valence-electron chi connectivity index (χ3n) is 5.76. The summed E-state index contributed by atoms with van der Waals surface area (Å²) in [5, 5.41) is 11.4. The largest absolute Gasteiger partial charge is 0.506 e. The average Bonchev–Trinajstić information content (AvgIpc) is 3.13. The van der Waals surface area contributed by atoms with Crippen LogP contribution in [-0.2, 0) is 16.1 Å². The van der Waals surface area contributed by atoms with E-state index in [0.29, 0.717) is 22.8 Å².